The van der Waals surface area contributed by atoms with Crippen LogP contribution in [0.25, 0.3) is 11.3 Å². The molecule has 0 radical (unpaired) electrons. The van der Waals surface area contributed by atoms with E-state index in [1.165, 1.54) is 6.07 Å². The third-order valence-electron chi connectivity index (χ3n) is 2.40. The van der Waals surface area contributed by atoms with E-state index in [2.05, 4.69) is 4.98 Å². The average Bonchev–Trinajstić information content (AvgIpc) is 2.31. The minimum absolute atomic E-state index is 0.0174. The molecule has 1 aromatic carbocycles. The molecule has 1 heterocycles. The molecule has 88 valence electrons. The number of nitrogens with zero attached hydrogens (tertiary/aromatic N) is 1. The van der Waals surface area contributed by atoms with Crippen molar-refractivity contribution in [1.29, 1.82) is 0 Å². The van der Waals surface area contributed by atoms with E-state index in [4.69, 9.17) is 23.1 Å². The molecule has 3 nitrogen and oxygen atoms in total. The van der Waals surface area contributed by atoms with E-state index in [0.717, 1.165) is 0 Å². The van der Waals surface area contributed by atoms with Crippen LogP contribution in [0, 0.1) is 5.82 Å². The predicted octanol–water partition coefficient (Wildman–Crippen LogP) is 2.58. The van der Waals surface area contributed by atoms with Gasteiger partial charge in [-0.25, -0.2) is 9.37 Å². The molecule has 1 aromatic heterocycles. The maximum Gasteiger partial charge on any atom is 0.148 e. The normalized spacial score (nSPS) is 10.5. The molecule has 0 saturated heterocycles. The number of nitrogens with two attached hydrogens (primary N) is 2. The highest BCUT2D eigenvalue weighted by molar-refractivity contribution is 6.33. The van der Waals surface area contributed by atoms with Crippen molar-refractivity contribution in [3.63, 3.8) is 0 Å². The predicted molar refractivity (Wildman–Crippen MR) is 66.9 cm³/mol. The molecular weight excluding hydrogens is 241 g/mol. The van der Waals surface area contributed by atoms with Crippen LogP contribution in [0.4, 0.5) is 10.1 Å². The number of anilines is 1. The first-order chi connectivity index (χ1) is 8.13. The quantitative estimate of drug-likeness (QED) is 0.862. The second-order valence-corrected chi connectivity index (χ2v) is 3.95. The molecule has 0 aliphatic rings. The topological polar surface area (TPSA) is 64.9 Å². The van der Waals surface area contributed by atoms with Crippen molar-refractivity contribution < 1.29 is 4.39 Å². The van der Waals surface area contributed by atoms with Crippen molar-refractivity contribution >= 4 is 17.3 Å². The number of rotatable bonds is 2. The number of nitrogen functional groups attached to an aromatic ring is 1. The summed E-state index contributed by atoms with van der Waals surface area (Å²) in [6.45, 7) is 0.0174. The number of halogens is 2. The van der Waals surface area contributed by atoms with E-state index in [1.54, 1.807) is 18.2 Å². The molecule has 0 atom stereocenters. The van der Waals surface area contributed by atoms with Crippen molar-refractivity contribution in [3.05, 3.63) is 46.9 Å². The van der Waals surface area contributed by atoms with Crippen LogP contribution in [0.1, 0.15) is 5.69 Å². The molecule has 5 heteroatoms. The monoisotopic (exact) mass is 251 g/mol. The Kier molecular flexibility index (Phi) is 3.26. The zero-order chi connectivity index (χ0) is 12.4. The van der Waals surface area contributed by atoms with Gasteiger partial charge < -0.3 is 11.5 Å². The molecule has 0 amide bonds. The molecule has 0 saturated carbocycles. The Morgan fingerprint density at radius 1 is 1.29 bits per heavy atom. The van der Waals surface area contributed by atoms with E-state index < -0.39 is 5.82 Å². The van der Waals surface area contributed by atoms with Gasteiger partial charge in [-0.1, -0.05) is 29.8 Å². The summed E-state index contributed by atoms with van der Waals surface area (Å²) in [6, 6.07) is 8.33. The molecule has 2 aromatic rings. The lowest BCUT2D eigenvalue weighted by Crippen LogP contribution is -2.06. The number of hydrogen-bond acceptors (Lipinski definition) is 3. The van der Waals surface area contributed by atoms with Gasteiger partial charge in [-0.3, -0.25) is 0 Å². The maximum atomic E-state index is 13.4. The molecular formula is C12H11ClFN3. The maximum absolute atomic E-state index is 13.4. The molecule has 0 spiro atoms. The fourth-order valence-electron chi connectivity index (χ4n) is 1.55. The number of hydrogen-bond donors (Lipinski definition) is 2. The summed E-state index contributed by atoms with van der Waals surface area (Å²) in [5.74, 6) is -0.499. The molecule has 0 aliphatic carbocycles. The Morgan fingerprint density at radius 3 is 2.65 bits per heavy atom. The van der Waals surface area contributed by atoms with Crippen molar-refractivity contribution in [2.24, 2.45) is 5.73 Å². The van der Waals surface area contributed by atoms with Crippen LogP contribution in [0.5, 0.6) is 0 Å². The first-order valence-electron chi connectivity index (χ1n) is 5.03. The van der Waals surface area contributed by atoms with Gasteiger partial charge in [-0.05, 0) is 6.07 Å². The number of pyridine rings is 1. The van der Waals surface area contributed by atoms with Crippen LogP contribution in [0.15, 0.2) is 30.3 Å². The Bertz CT molecular complexity index is 557. The summed E-state index contributed by atoms with van der Waals surface area (Å²) in [7, 11) is 0. The summed E-state index contributed by atoms with van der Waals surface area (Å²) in [5.41, 5.74) is 12.7. The van der Waals surface area contributed by atoms with E-state index in [1.807, 2.05) is 6.07 Å². The van der Waals surface area contributed by atoms with E-state index >= 15 is 0 Å². The van der Waals surface area contributed by atoms with Crippen LogP contribution in [-0.2, 0) is 6.54 Å². The van der Waals surface area contributed by atoms with Gasteiger partial charge in [0.1, 0.15) is 5.82 Å². The third kappa shape index (κ3) is 2.23. The van der Waals surface area contributed by atoms with Crippen LogP contribution >= 0.6 is 11.6 Å². The Labute approximate surface area is 103 Å². The molecule has 0 fully saturated rings. The van der Waals surface area contributed by atoms with Gasteiger partial charge in [0.2, 0.25) is 0 Å². The van der Waals surface area contributed by atoms with E-state index in [0.29, 0.717) is 16.3 Å². The standard InChI is InChI=1S/C12H11ClFN3/c13-8-4-2-1-3-7(8)12-10(16)5-9(14)11(6-15)17-12/h1-5H,6,15-16H2. The fourth-order valence-corrected chi connectivity index (χ4v) is 1.78. The van der Waals surface area contributed by atoms with Gasteiger partial charge in [0.15, 0.2) is 0 Å². The van der Waals surface area contributed by atoms with Crippen molar-refractivity contribution in [3.8, 4) is 11.3 Å². The van der Waals surface area contributed by atoms with Crippen LogP contribution in [0.2, 0.25) is 5.02 Å². The third-order valence-corrected chi connectivity index (χ3v) is 2.73. The molecule has 2 rings (SSSR count). The highest BCUT2D eigenvalue weighted by Gasteiger charge is 2.12. The minimum Gasteiger partial charge on any atom is -0.397 e. The van der Waals surface area contributed by atoms with Gasteiger partial charge in [0.25, 0.3) is 0 Å². The summed E-state index contributed by atoms with van der Waals surface area (Å²) < 4.78 is 13.4. The highest BCUT2D eigenvalue weighted by Crippen LogP contribution is 2.31. The number of benzene rings is 1. The van der Waals surface area contributed by atoms with Gasteiger partial charge >= 0.3 is 0 Å². The Hall–Kier alpha value is -1.65. The SMILES string of the molecule is NCc1nc(-c2ccccc2Cl)c(N)cc1F. The van der Waals surface area contributed by atoms with Gasteiger partial charge in [-0.2, -0.15) is 0 Å². The number of aromatic nitrogens is 1. The molecule has 4 N–H and O–H groups in total. The first kappa shape index (κ1) is 11.8. The second kappa shape index (κ2) is 4.69. The smallest absolute Gasteiger partial charge is 0.148 e. The zero-order valence-electron chi connectivity index (χ0n) is 8.95. The van der Waals surface area contributed by atoms with Crippen LogP contribution < -0.4 is 11.5 Å². The van der Waals surface area contributed by atoms with Gasteiger partial charge in [0, 0.05) is 18.2 Å². The Balaban J connectivity index is 2.64. The molecule has 0 bridgehead atoms. The average molecular weight is 252 g/mol. The zero-order valence-corrected chi connectivity index (χ0v) is 9.71. The lowest BCUT2D eigenvalue weighted by Gasteiger charge is -2.09. The van der Waals surface area contributed by atoms with Crippen LogP contribution in [-0.4, -0.2) is 4.98 Å². The minimum atomic E-state index is -0.499. The summed E-state index contributed by atoms with van der Waals surface area (Å²) in [6.07, 6.45) is 0. The largest absolute Gasteiger partial charge is 0.397 e. The van der Waals surface area contributed by atoms with Crippen molar-refractivity contribution in [1.82, 2.24) is 4.98 Å². The Morgan fingerprint density at radius 2 is 2.00 bits per heavy atom. The molecule has 0 unspecified atom stereocenters. The van der Waals surface area contributed by atoms with Gasteiger partial charge in [-0.15, -0.1) is 0 Å². The van der Waals surface area contributed by atoms with Crippen molar-refractivity contribution in [2.45, 2.75) is 6.54 Å². The summed E-state index contributed by atoms with van der Waals surface area (Å²) >= 11 is 6.05. The first-order valence-corrected chi connectivity index (χ1v) is 5.41. The molecule has 0 aliphatic heterocycles. The fraction of sp³-hybridized carbons (Fsp3) is 0.0833. The van der Waals surface area contributed by atoms with E-state index in [-0.39, 0.29) is 17.9 Å². The van der Waals surface area contributed by atoms with Crippen LogP contribution in [0.3, 0.4) is 0 Å². The van der Waals surface area contributed by atoms with Gasteiger partial charge in [0.05, 0.1) is 22.1 Å². The summed E-state index contributed by atoms with van der Waals surface area (Å²) in [4.78, 5) is 4.11. The molecule has 17 heavy (non-hydrogen) atoms. The lowest BCUT2D eigenvalue weighted by atomic mass is 10.1. The van der Waals surface area contributed by atoms with Crippen molar-refractivity contribution in [2.75, 3.05) is 5.73 Å². The highest BCUT2D eigenvalue weighted by atomic mass is 35.5. The second-order valence-electron chi connectivity index (χ2n) is 3.54. The van der Waals surface area contributed by atoms with E-state index in [9.17, 15) is 4.39 Å². The lowest BCUT2D eigenvalue weighted by molar-refractivity contribution is 0.601. The summed E-state index contributed by atoms with van der Waals surface area (Å²) in [5, 5.41) is 0.515.